The zero-order chi connectivity index (χ0) is 17.8. The highest BCUT2D eigenvalue weighted by atomic mass is 16.3. The van der Waals surface area contributed by atoms with Crippen LogP contribution in [0.2, 0.25) is 0 Å². The zero-order valence-corrected chi connectivity index (χ0v) is 14.0. The van der Waals surface area contributed by atoms with Crippen LogP contribution in [0, 0.1) is 0 Å². The highest BCUT2D eigenvalue weighted by molar-refractivity contribution is 5.70. The Morgan fingerprint density at radius 1 is 0.731 bits per heavy atom. The highest BCUT2D eigenvalue weighted by Gasteiger charge is 2.15. The van der Waals surface area contributed by atoms with Gasteiger partial charge in [-0.1, -0.05) is 66.7 Å². The van der Waals surface area contributed by atoms with Gasteiger partial charge in [0.25, 0.3) is 0 Å². The Morgan fingerprint density at radius 3 is 2.12 bits per heavy atom. The smallest absolute Gasteiger partial charge is 0.175 e. The fraction of sp³-hybridized carbons (Fsp3) is 0. The Bertz CT molecular complexity index is 1040. The molecule has 1 aromatic heterocycles. The predicted molar refractivity (Wildman–Crippen MR) is 104 cm³/mol. The van der Waals surface area contributed by atoms with Crippen molar-refractivity contribution in [2.45, 2.75) is 0 Å². The Labute approximate surface area is 151 Å². The zero-order valence-electron chi connectivity index (χ0n) is 14.0. The molecule has 1 heterocycles. The molecule has 4 nitrogen and oxygen atoms in total. The van der Waals surface area contributed by atoms with E-state index < -0.39 is 0 Å². The van der Waals surface area contributed by atoms with Crippen LogP contribution in [0.15, 0.2) is 84.9 Å². The molecule has 0 saturated carbocycles. The molecule has 0 bridgehead atoms. The summed E-state index contributed by atoms with van der Waals surface area (Å²) in [5.74, 6) is 1.36. The van der Waals surface area contributed by atoms with Crippen LogP contribution >= 0.6 is 0 Å². The quantitative estimate of drug-likeness (QED) is 0.580. The van der Waals surface area contributed by atoms with Gasteiger partial charge in [0, 0.05) is 0 Å². The Kier molecular flexibility index (Phi) is 4.31. The van der Waals surface area contributed by atoms with E-state index in [1.54, 1.807) is 16.8 Å². The maximum atomic E-state index is 10.3. The van der Waals surface area contributed by atoms with Crippen LogP contribution in [0.5, 0.6) is 5.75 Å². The van der Waals surface area contributed by atoms with Gasteiger partial charge in [0.15, 0.2) is 11.6 Å². The molecular weight excluding hydrogens is 322 g/mol. The van der Waals surface area contributed by atoms with E-state index in [4.69, 9.17) is 0 Å². The summed E-state index contributed by atoms with van der Waals surface area (Å²) in [5, 5.41) is 14.9. The maximum Gasteiger partial charge on any atom is 0.175 e. The minimum Gasteiger partial charge on any atom is -0.507 e. The molecule has 126 valence electrons. The first-order valence-electron chi connectivity index (χ1n) is 8.35. The molecule has 0 radical (unpaired) electrons. The minimum atomic E-state index is 0.177. The number of rotatable bonds is 4. The molecule has 4 rings (SSSR count). The number of hydrogen-bond acceptors (Lipinski definition) is 3. The molecule has 26 heavy (non-hydrogen) atoms. The molecule has 0 atom stereocenters. The SMILES string of the molecule is Oc1ccccc1-c1nc(C=Cc2ccccc2)nn1-c1ccccc1. The molecule has 0 spiro atoms. The van der Waals surface area contributed by atoms with Crippen molar-refractivity contribution in [3.05, 3.63) is 96.3 Å². The van der Waals surface area contributed by atoms with Crippen LogP contribution in [-0.4, -0.2) is 19.9 Å². The highest BCUT2D eigenvalue weighted by Crippen LogP contribution is 2.29. The third-order valence-electron chi connectivity index (χ3n) is 3.99. The van der Waals surface area contributed by atoms with Crippen LogP contribution in [0.4, 0.5) is 0 Å². The Hall–Kier alpha value is -3.66. The van der Waals surface area contributed by atoms with Crippen molar-refractivity contribution in [3.63, 3.8) is 0 Å². The van der Waals surface area contributed by atoms with Gasteiger partial charge >= 0.3 is 0 Å². The minimum absolute atomic E-state index is 0.177. The van der Waals surface area contributed by atoms with Crippen LogP contribution in [0.1, 0.15) is 11.4 Å². The number of phenols is 1. The first kappa shape index (κ1) is 15.8. The largest absolute Gasteiger partial charge is 0.507 e. The van der Waals surface area contributed by atoms with Crippen molar-refractivity contribution >= 4 is 12.2 Å². The lowest BCUT2D eigenvalue weighted by atomic mass is 10.2. The standard InChI is InChI=1S/C22H17N3O/c26-20-14-8-7-13-19(20)22-23-21(16-15-17-9-3-1-4-10-17)24-25(22)18-11-5-2-6-12-18/h1-16,26H. The third kappa shape index (κ3) is 3.26. The van der Waals surface area contributed by atoms with Gasteiger partial charge in [-0.05, 0) is 35.9 Å². The summed E-state index contributed by atoms with van der Waals surface area (Å²) in [7, 11) is 0. The van der Waals surface area contributed by atoms with E-state index in [2.05, 4.69) is 10.1 Å². The van der Waals surface area contributed by atoms with Gasteiger partial charge in [0.1, 0.15) is 5.75 Å². The van der Waals surface area contributed by atoms with Crippen molar-refractivity contribution in [3.8, 4) is 22.8 Å². The third-order valence-corrected chi connectivity index (χ3v) is 3.99. The molecule has 0 aliphatic heterocycles. The van der Waals surface area contributed by atoms with Crippen molar-refractivity contribution in [1.82, 2.24) is 14.8 Å². The lowest BCUT2D eigenvalue weighted by Gasteiger charge is -2.06. The summed E-state index contributed by atoms with van der Waals surface area (Å²) in [6, 6.07) is 26.9. The summed E-state index contributed by atoms with van der Waals surface area (Å²) >= 11 is 0. The van der Waals surface area contributed by atoms with Gasteiger partial charge in [0.05, 0.1) is 11.3 Å². The van der Waals surface area contributed by atoms with E-state index >= 15 is 0 Å². The summed E-state index contributed by atoms with van der Waals surface area (Å²) in [6.45, 7) is 0. The van der Waals surface area contributed by atoms with Crippen LogP contribution in [0.25, 0.3) is 29.2 Å². The van der Waals surface area contributed by atoms with Gasteiger partial charge in [-0.2, -0.15) is 0 Å². The van der Waals surface area contributed by atoms with Crippen molar-refractivity contribution in [1.29, 1.82) is 0 Å². The molecular formula is C22H17N3O. The second-order valence-electron chi connectivity index (χ2n) is 5.80. The second-order valence-corrected chi connectivity index (χ2v) is 5.80. The molecule has 1 N–H and O–H groups in total. The van der Waals surface area contributed by atoms with Gasteiger partial charge in [-0.15, -0.1) is 5.10 Å². The van der Waals surface area contributed by atoms with Crippen LogP contribution < -0.4 is 0 Å². The first-order chi connectivity index (χ1) is 12.8. The Balaban J connectivity index is 1.81. The summed E-state index contributed by atoms with van der Waals surface area (Å²) < 4.78 is 1.75. The van der Waals surface area contributed by atoms with Gasteiger partial charge in [0.2, 0.25) is 0 Å². The molecule has 0 aliphatic rings. The van der Waals surface area contributed by atoms with Gasteiger partial charge in [-0.25, -0.2) is 9.67 Å². The number of phenolic OH excluding ortho intramolecular Hbond substituents is 1. The molecule has 0 aliphatic carbocycles. The monoisotopic (exact) mass is 339 g/mol. The molecule has 3 aromatic carbocycles. The molecule has 4 aromatic rings. The van der Waals surface area contributed by atoms with E-state index in [1.165, 1.54) is 0 Å². The van der Waals surface area contributed by atoms with E-state index in [1.807, 2.05) is 84.9 Å². The van der Waals surface area contributed by atoms with Crippen molar-refractivity contribution in [2.24, 2.45) is 0 Å². The van der Waals surface area contributed by atoms with Crippen molar-refractivity contribution < 1.29 is 5.11 Å². The number of aromatic nitrogens is 3. The average molecular weight is 339 g/mol. The summed E-state index contributed by atoms with van der Waals surface area (Å²) in [6.07, 6.45) is 3.84. The number of benzene rings is 3. The van der Waals surface area contributed by atoms with E-state index in [0.717, 1.165) is 11.3 Å². The maximum absolute atomic E-state index is 10.3. The second kappa shape index (κ2) is 7.07. The van der Waals surface area contributed by atoms with Gasteiger partial charge < -0.3 is 5.11 Å². The van der Waals surface area contributed by atoms with E-state index in [-0.39, 0.29) is 5.75 Å². The topological polar surface area (TPSA) is 50.9 Å². The molecule has 0 saturated heterocycles. The fourth-order valence-corrected chi connectivity index (χ4v) is 2.72. The fourth-order valence-electron chi connectivity index (χ4n) is 2.72. The first-order valence-corrected chi connectivity index (χ1v) is 8.35. The van der Waals surface area contributed by atoms with Crippen LogP contribution in [0.3, 0.4) is 0 Å². The van der Waals surface area contributed by atoms with Gasteiger partial charge in [-0.3, -0.25) is 0 Å². The Morgan fingerprint density at radius 2 is 1.38 bits per heavy atom. The molecule has 0 amide bonds. The summed E-state index contributed by atoms with van der Waals surface area (Å²) in [5.41, 5.74) is 2.61. The van der Waals surface area contributed by atoms with Crippen LogP contribution in [-0.2, 0) is 0 Å². The van der Waals surface area contributed by atoms with E-state index in [0.29, 0.717) is 17.2 Å². The number of para-hydroxylation sites is 2. The lowest BCUT2D eigenvalue weighted by molar-refractivity contribution is 0.476. The number of hydrogen-bond donors (Lipinski definition) is 1. The summed E-state index contributed by atoms with van der Waals surface area (Å²) in [4.78, 5) is 4.64. The number of nitrogens with zero attached hydrogens (tertiary/aromatic N) is 3. The lowest BCUT2D eigenvalue weighted by Crippen LogP contribution is -1.99. The van der Waals surface area contributed by atoms with Crippen molar-refractivity contribution in [2.75, 3.05) is 0 Å². The van der Waals surface area contributed by atoms with E-state index in [9.17, 15) is 5.11 Å². The molecule has 4 heteroatoms. The predicted octanol–water partition coefficient (Wildman–Crippen LogP) is 4.81. The molecule has 0 unspecified atom stereocenters. The molecule has 0 fully saturated rings. The average Bonchev–Trinajstić information content (AvgIpc) is 3.12. The number of aromatic hydroxyl groups is 1. The normalized spacial score (nSPS) is 11.1.